The topological polar surface area (TPSA) is 164 Å². The van der Waals surface area contributed by atoms with Gasteiger partial charge < -0.3 is 15.9 Å². The van der Waals surface area contributed by atoms with E-state index in [1.54, 1.807) is 0 Å². The third kappa shape index (κ3) is 2.04. The molecule has 0 amide bonds. The van der Waals surface area contributed by atoms with Crippen LogP contribution in [0.2, 0.25) is 0 Å². The van der Waals surface area contributed by atoms with Crippen molar-refractivity contribution in [1.29, 1.82) is 0 Å². The van der Waals surface area contributed by atoms with Crippen molar-refractivity contribution in [3.05, 3.63) is 26.4 Å². The number of aliphatic hydroxyl groups excluding tert-OH is 1. The fourth-order valence-electron chi connectivity index (χ4n) is 1.59. The highest BCUT2D eigenvalue weighted by Gasteiger charge is 2.19. The van der Waals surface area contributed by atoms with Crippen LogP contribution < -0.4 is 16.9 Å². The Labute approximate surface area is 104 Å². The number of carbonyl (C=O) groups is 1. The van der Waals surface area contributed by atoms with E-state index in [4.69, 9.17) is 15.9 Å². The van der Waals surface area contributed by atoms with Gasteiger partial charge in [0.2, 0.25) is 11.6 Å². The molecule has 0 bridgehead atoms. The normalized spacial score (nSPS) is 10.8. The summed E-state index contributed by atoms with van der Waals surface area (Å²) in [5.41, 5.74) is 2.29. The zero-order chi connectivity index (χ0) is 14.2. The Bertz CT molecular complexity index is 777. The lowest BCUT2D eigenvalue weighted by molar-refractivity contribution is 0.0687. The SMILES string of the molecule is Nc1nc2c(nc(C(=O)O)c(=O)n2CCO)c(=O)[nH]1. The summed E-state index contributed by atoms with van der Waals surface area (Å²) in [5, 5.41) is 17.8. The molecule has 5 N–H and O–H groups in total. The van der Waals surface area contributed by atoms with Gasteiger partial charge in [0.15, 0.2) is 11.2 Å². The van der Waals surface area contributed by atoms with Crippen LogP contribution in [-0.4, -0.2) is 42.3 Å². The molecular formula is C9H9N5O5. The first-order chi connectivity index (χ1) is 8.95. The van der Waals surface area contributed by atoms with E-state index < -0.39 is 29.4 Å². The minimum atomic E-state index is -1.57. The minimum Gasteiger partial charge on any atom is -0.476 e. The smallest absolute Gasteiger partial charge is 0.360 e. The Morgan fingerprint density at radius 2 is 2.05 bits per heavy atom. The van der Waals surface area contributed by atoms with Crippen LogP contribution >= 0.6 is 0 Å². The number of rotatable bonds is 3. The van der Waals surface area contributed by atoms with Gasteiger partial charge in [-0.05, 0) is 0 Å². The van der Waals surface area contributed by atoms with Gasteiger partial charge in [-0.3, -0.25) is 19.1 Å². The molecule has 0 fully saturated rings. The zero-order valence-corrected chi connectivity index (χ0v) is 9.45. The highest BCUT2D eigenvalue weighted by atomic mass is 16.4. The lowest BCUT2D eigenvalue weighted by Crippen LogP contribution is -2.32. The first-order valence-electron chi connectivity index (χ1n) is 5.10. The van der Waals surface area contributed by atoms with Gasteiger partial charge >= 0.3 is 5.97 Å². The van der Waals surface area contributed by atoms with E-state index in [0.29, 0.717) is 0 Å². The van der Waals surface area contributed by atoms with Crippen molar-refractivity contribution in [2.24, 2.45) is 0 Å². The average Bonchev–Trinajstić information content (AvgIpc) is 2.32. The van der Waals surface area contributed by atoms with E-state index >= 15 is 0 Å². The number of aliphatic hydroxyl groups is 1. The Hall–Kier alpha value is -2.75. The third-order valence-electron chi connectivity index (χ3n) is 2.35. The molecule has 2 aromatic heterocycles. The second kappa shape index (κ2) is 4.49. The molecule has 0 spiro atoms. The predicted octanol–water partition coefficient (Wildman–Crippen LogP) is -2.25. The largest absolute Gasteiger partial charge is 0.476 e. The van der Waals surface area contributed by atoms with E-state index in [2.05, 4.69) is 15.0 Å². The van der Waals surface area contributed by atoms with Crippen molar-refractivity contribution < 1.29 is 15.0 Å². The number of nitrogens with two attached hydrogens (primary N) is 1. The van der Waals surface area contributed by atoms with Gasteiger partial charge in [0, 0.05) is 0 Å². The Morgan fingerprint density at radius 1 is 1.37 bits per heavy atom. The summed E-state index contributed by atoms with van der Waals surface area (Å²) in [6.07, 6.45) is 0. The molecule has 0 saturated carbocycles. The molecule has 0 aromatic carbocycles. The molecule has 10 heteroatoms. The number of anilines is 1. The Balaban J connectivity index is 3.00. The first kappa shape index (κ1) is 12.7. The number of carboxylic acid groups (broad SMARTS) is 1. The van der Waals surface area contributed by atoms with E-state index in [9.17, 15) is 14.4 Å². The molecule has 0 aliphatic rings. The maximum absolute atomic E-state index is 11.9. The number of carboxylic acids is 1. The van der Waals surface area contributed by atoms with Gasteiger partial charge in [0.1, 0.15) is 0 Å². The number of hydrogen-bond acceptors (Lipinski definition) is 7. The summed E-state index contributed by atoms with van der Waals surface area (Å²) in [5.74, 6) is -1.82. The fourth-order valence-corrected chi connectivity index (χ4v) is 1.59. The molecule has 0 atom stereocenters. The van der Waals surface area contributed by atoms with Crippen LogP contribution in [0.15, 0.2) is 9.59 Å². The van der Waals surface area contributed by atoms with Crippen molar-refractivity contribution in [2.75, 3.05) is 12.3 Å². The number of hydrogen-bond donors (Lipinski definition) is 4. The van der Waals surface area contributed by atoms with Gasteiger partial charge in [0.05, 0.1) is 13.2 Å². The number of H-pyrrole nitrogens is 1. The van der Waals surface area contributed by atoms with Crippen LogP contribution in [0.1, 0.15) is 10.5 Å². The van der Waals surface area contributed by atoms with Gasteiger partial charge in [-0.25, -0.2) is 9.78 Å². The van der Waals surface area contributed by atoms with Crippen molar-refractivity contribution >= 4 is 23.1 Å². The predicted molar refractivity (Wildman–Crippen MR) is 62.9 cm³/mol. The van der Waals surface area contributed by atoms with Crippen LogP contribution in [0.3, 0.4) is 0 Å². The van der Waals surface area contributed by atoms with Crippen LogP contribution in [0, 0.1) is 0 Å². The molecule has 19 heavy (non-hydrogen) atoms. The van der Waals surface area contributed by atoms with Crippen molar-refractivity contribution in [1.82, 2.24) is 19.5 Å². The summed E-state index contributed by atoms with van der Waals surface area (Å²) in [6.45, 7) is -0.666. The summed E-state index contributed by atoms with van der Waals surface area (Å²) >= 11 is 0. The molecule has 100 valence electrons. The third-order valence-corrected chi connectivity index (χ3v) is 2.35. The number of nitrogens with one attached hydrogen (secondary N) is 1. The monoisotopic (exact) mass is 267 g/mol. The number of fused-ring (bicyclic) bond motifs is 1. The van der Waals surface area contributed by atoms with Crippen molar-refractivity contribution in [2.45, 2.75) is 6.54 Å². The van der Waals surface area contributed by atoms with Crippen molar-refractivity contribution in [3.8, 4) is 0 Å². The van der Waals surface area contributed by atoms with Crippen LogP contribution in [0.5, 0.6) is 0 Å². The molecule has 0 unspecified atom stereocenters. The van der Waals surface area contributed by atoms with E-state index in [-0.39, 0.29) is 23.7 Å². The number of nitrogens with zero attached hydrogens (tertiary/aromatic N) is 3. The first-order valence-corrected chi connectivity index (χ1v) is 5.10. The van der Waals surface area contributed by atoms with E-state index in [1.165, 1.54) is 0 Å². The van der Waals surface area contributed by atoms with Gasteiger partial charge in [-0.2, -0.15) is 4.98 Å². The number of aromatic amines is 1. The average molecular weight is 267 g/mol. The number of nitrogen functional groups attached to an aromatic ring is 1. The summed E-state index contributed by atoms with van der Waals surface area (Å²) in [6, 6.07) is 0. The molecule has 0 saturated heterocycles. The second-order valence-electron chi connectivity index (χ2n) is 3.57. The van der Waals surface area contributed by atoms with Crippen LogP contribution in [-0.2, 0) is 6.54 Å². The van der Waals surface area contributed by atoms with E-state index in [0.717, 1.165) is 4.57 Å². The summed E-state index contributed by atoms with van der Waals surface area (Å²) in [4.78, 5) is 43.8. The Morgan fingerprint density at radius 3 is 2.63 bits per heavy atom. The number of aromatic nitrogens is 4. The van der Waals surface area contributed by atoms with Crippen LogP contribution in [0.25, 0.3) is 11.2 Å². The fraction of sp³-hybridized carbons (Fsp3) is 0.222. The van der Waals surface area contributed by atoms with Gasteiger partial charge in [0.25, 0.3) is 11.1 Å². The minimum absolute atomic E-state index is 0.176. The highest BCUT2D eigenvalue weighted by molar-refractivity contribution is 5.87. The summed E-state index contributed by atoms with van der Waals surface area (Å²) < 4.78 is 0.845. The standard InChI is InChI=1S/C9H9N5O5/c10-9-12-5-3(6(16)13-9)11-4(8(18)19)7(17)14(5)1-2-15/h15H,1-2H2,(H,18,19)(H3,10,12,13,16). The molecule has 2 rings (SSSR count). The molecular weight excluding hydrogens is 258 g/mol. The number of aromatic carboxylic acids is 1. The molecule has 0 radical (unpaired) electrons. The van der Waals surface area contributed by atoms with Gasteiger partial charge in [-0.1, -0.05) is 0 Å². The molecule has 2 heterocycles. The summed E-state index contributed by atoms with van der Waals surface area (Å²) in [7, 11) is 0. The maximum atomic E-state index is 11.9. The molecule has 2 aromatic rings. The van der Waals surface area contributed by atoms with Crippen LogP contribution in [0.4, 0.5) is 5.95 Å². The molecule has 10 nitrogen and oxygen atoms in total. The lowest BCUT2D eigenvalue weighted by atomic mass is 10.4. The second-order valence-corrected chi connectivity index (χ2v) is 3.57. The molecule has 0 aliphatic carbocycles. The zero-order valence-electron chi connectivity index (χ0n) is 9.45. The Kier molecular flexibility index (Phi) is 3.00. The van der Waals surface area contributed by atoms with E-state index in [1.807, 2.05) is 0 Å². The highest BCUT2D eigenvalue weighted by Crippen LogP contribution is 2.04. The maximum Gasteiger partial charge on any atom is 0.360 e. The molecule has 0 aliphatic heterocycles. The van der Waals surface area contributed by atoms with Crippen molar-refractivity contribution in [3.63, 3.8) is 0 Å². The quantitative estimate of drug-likeness (QED) is 0.484. The van der Waals surface area contributed by atoms with Gasteiger partial charge in [-0.15, -0.1) is 0 Å². The lowest BCUT2D eigenvalue weighted by Gasteiger charge is -2.08.